The average Bonchev–Trinajstić information content (AvgIpc) is 2.93. The smallest absolute Gasteiger partial charge is 0.287 e. The Morgan fingerprint density at radius 3 is 2.50 bits per heavy atom. The molecule has 28 heavy (non-hydrogen) atoms. The lowest BCUT2D eigenvalue weighted by Crippen LogP contribution is -2.48. The fraction of sp³-hybridized carbons (Fsp3) is 0.167. The van der Waals surface area contributed by atoms with E-state index in [1.165, 1.54) is 18.2 Å². The van der Waals surface area contributed by atoms with Crippen molar-refractivity contribution in [3.05, 3.63) is 64.7 Å². The summed E-state index contributed by atoms with van der Waals surface area (Å²) in [6, 6.07) is 9.00. The average molecular weight is 412 g/mol. The van der Waals surface area contributed by atoms with Gasteiger partial charge in [-0.25, -0.2) is 10.3 Å². The van der Waals surface area contributed by atoms with Crippen molar-refractivity contribution in [2.45, 2.75) is 18.6 Å². The third-order valence-corrected chi connectivity index (χ3v) is 4.39. The Morgan fingerprint density at radius 1 is 1.11 bits per heavy atom. The Hall–Kier alpha value is -2.91. The van der Waals surface area contributed by atoms with Crippen LogP contribution in [0.15, 0.2) is 48.5 Å². The lowest BCUT2D eigenvalue weighted by molar-refractivity contribution is -0.137. The van der Waals surface area contributed by atoms with E-state index in [1.807, 2.05) is 0 Å². The summed E-state index contributed by atoms with van der Waals surface area (Å²) in [7, 11) is 0. The molecule has 0 saturated carbocycles. The molecular weight excluding hydrogens is 399 g/mol. The van der Waals surface area contributed by atoms with Gasteiger partial charge in [0.15, 0.2) is 0 Å². The van der Waals surface area contributed by atoms with Gasteiger partial charge in [0.25, 0.3) is 11.8 Å². The molecule has 1 atom stereocenters. The lowest BCUT2D eigenvalue weighted by atomic mass is 10.2. The molecule has 1 fully saturated rings. The van der Waals surface area contributed by atoms with Crippen LogP contribution in [0.3, 0.4) is 0 Å². The molecular formula is C18H13ClF3N3O3. The van der Waals surface area contributed by atoms with E-state index in [0.717, 1.165) is 18.2 Å². The van der Waals surface area contributed by atoms with E-state index >= 15 is 0 Å². The number of nitrogens with zero attached hydrogens (tertiary/aromatic N) is 1. The minimum absolute atomic E-state index is 0.156. The van der Waals surface area contributed by atoms with Crippen molar-refractivity contribution in [3.8, 4) is 0 Å². The lowest BCUT2D eigenvalue weighted by Gasteiger charge is -2.17. The molecule has 2 N–H and O–H groups in total. The number of benzene rings is 2. The summed E-state index contributed by atoms with van der Waals surface area (Å²) < 4.78 is 38.6. The number of nitrogens with one attached hydrogen (secondary N) is 2. The van der Waals surface area contributed by atoms with Gasteiger partial charge in [-0.1, -0.05) is 29.8 Å². The molecule has 146 valence electrons. The summed E-state index contributed by atoms with van der Waals surface area (Å²) in [6.45, 7) is 0. The van der Waals surface area contributed by atoms with Gasteiger partial charge in [0.2, 0.25) is 5.91 Å². The van der Waals surface area contributed by atoms with Crippen LogP contribution in [0.2, 0.25) is 5.02 Å². The van der Waals surface area contributed by atoms with Gasteiger partial charge in [-0.15, -0.1) is 0 Å². The van der Waals surface area contributed by atoms with Gasteiger partial charge >= 0.3 is 6.18 Å². The first kappa shape index (κ1) is 19.8. The maximum atomic E-state index is 12.9. The predicted molar refractivity (Wildman–Crippen MR) is 94.4 cm³/mol. The zero-order valence-corrected chi connectivity index (χ0v) is 14.8. The highest BCUT2D eigenvalue weighted by Gasteiger charge is 2.40. The third-order valence-electron chi connectivity index (χ3n) is 4.06. The molecule has 10 heteroatoms. The van der Waals surface area contributed by atoms with E-state index < -0.39 is 35.5 Å². The zero-order chi connectivity index (χ0) is 20.5. The van der Waals surface area contributed by atoms with Crippen molar-refractivity contribution < 1.29 is 27.6 Å². The van der Waals surface area contributed by atoms with Crippen molar-refractivity contribution in [1.82, 2.24) is 10.9 Å². The third kappa shape index (κ3) is 4.00. The van der Waals surface area contributed by atoms with E-state index in [9.17, 15) is 27.6 Å². The first-order valence-corrected chi connectivity index (χ1v) is 8.40. The molecule has 1 aliphatic rings. The van der Waals surface area contributed by atoms with Crippen LogP contribution in [-0.2, 0) is 15.8 Å². The highest BCUT2D eigenvalue weighted by atomic mass is 35.5. The normalized spacial score (nSPS) is 17.1. The summed E-state index contributed by atoms with van der Waals surface area (Å²) in [6.07, 6.45) is -4.93. The van der Waals surface area contributed by atoms with E-state index in [2.05, 4.69) is 10.9 Å². The van der Waals surface area contributed by atoms with Crippen molar-refractivity contribution in [1.29, 1.82) is 0 Å². The first-order chi connectivity index (χ1) is 13.2. The maximum Gasteiger partial charge on any atom is 0.416 e. The van der Waals surface area contributed by atoms with Gasteiger partial charge in [0, 0.05) is 0 Å². The first-order valence-electron chi connectivity index (χ1n) is 8.03. The van der Waals surface area contributed by atoms with E-state index in [-0.39, 0.29) is 22.7 Å². The second-order valence-corrected chi connectivity index (χ2v) is 6.36. The van der Waals surface area contributed by atoms with Crippen LogP contribution >= 0.6 is 11.6 Å². The van der Waals surface area contributed by atoms with Crippen LogP contribution in [0.4, 0.5) is 18.9 Å². The number of hydrazine groups is 1. The van der Waals surface area contributed by atoms with Crippen LogP contribution in [0.25, 0.3) is 0 Å². The maximum absolute atomic E-state index is 12.9. The van der Waals surface area contributed by atoms with Crippen LogP contribution in [-0.4, -0.2) is 23.8 Å². The van der Waals surface area contributed by atoms with Gasteiger partial charge in [0.05, 0.1) is 28.3 Å². The number of hydrogen-bond donors (Lipinski definition) is 2. The topological polar surface area (TPSA) is 78.5 Å². The summed E-state index contributed by atoms with van der Waals surface area (Å²) in [5.41, 5.74) is 3.72. The SMILES string of the molecule is O=C(NN[C@H]1CC(=O)N(c2cccc(C(F)(F)F)c2)C1=O)c1ccccc1Cl. The summed E-state index contributed by atoms with van der Waals surface area (Å²) in [5, 5.41) is 0.196. The van der Waals surface area contributed by atoms with Gasteiger partial charge in [-0.3, -0.25) is 19.8 Å². The summed E-state index contributed by atoms with van der Waals surface area (Å²) >= 11 is 5.91. The number of carbonyl (C=O) groups excluding carboxylic acids is 3. The van der Waals surface area contributed by atoms with E-state index in [0.29, 0.717) is 4.90 Å². The molecule has 3 amide bonds. The number of anilines is 1. The van der Waals surface area contributed by atoms with Gasteiger partial charge in [-0.05, 0) is 30.3 Å². The zero-order valence-electron chi connectivity index (χ0n) is 14.1. The molecule has 0 aromatic heterocycles. The Morgan fingerprint density at radius 2 is 1.82 bits per heavy atom. The molecule has 0 unspecified atom stereocenters. The predicted octanol–water partition coefficient (Wildman–Crippen LogP) is 2.93. The Balaban J connectivity index is 1.72. The highest BCUT2D eigenvalue weighted by Crippen LogP contribution is 2.33. The van der Waals surface area contributed by atoms with E-state index in [4.69, 9.17) is 11.6 Å². The van der Waals surface area contributed by atoms with Crippen molar-refractivity contribution in [2.24, 2.45) is 0 Å². The molecule has 0 spiro atoms. The standard InChI is InChI=1S/C18H13ClF3N3O3/c19-13-7-2-1-6-12(13)16(27)24-23-14-9-15(26)25(17(14)28)11-5-3-4-10(8-11)18(20,21)22/h1-8,14,23H,9H2,(H,24,27)/t14-/m0/s1. The molecule has 3 rings (SSSR count). The Bertz CT molecular complexity index is 949. The largest absolute Gasteiger partial charge is 0.416 e. The molecule has 0 radical (unpaired) electrons. The Kier molecular flexibility index (Phi) is 5.39. The van der Waals surface area contributed by atoms with Crippen molar-refractivity contribution in [3.63, 3.8) is 0 Å². The van der Waals surface area contributed by atoms with Crippen LogP contribution in [0, 0.1) is 0 Å². The second-order valence-electron chi connectivity index (χ2n) is 5.95. The van der Waals surface area contributed by atoms with Crippen LogP contribution in [0.1, 0.15) is 22.3 Å². The number of alkyl halides is 3. The molecule has 1 heterocycles. The second kappa shape index (κ2) is 7.61. The quantitative estimate of drug-likeness (QED) is 0.599. The van der Waals surface area contributed by atoms with Crippen molar-refractivity contribution in [2.75, 3.05) is 4.90 Å². The fourth-order valence-corrected chi connectivity index (χ4v) is 2.92. The molecule has 1 aliphatic heterocycles. The summed E-state index contributed by atoms with van der Waals surface area (Å²) in [4.78, 5) is 37.4. The minimum Gasteiger partial charge on any atom is -0.287 e. The molecule has 2 aromatic carbocycles. The van der Waals surface area contributed by atoms with E-state index in [1.54, 1.807) is 12.1 Å². The molecule has 0 aliphatic carbocycles. The minimum atomic E-state index is -4.61. The summed E-state index contributed by atoms with van der Waals surface area (Å²) in [5.74, 6) is -2.08. The van der Waals surface area contributed by atoms with Crippen LogP contribution in [0.5, 0.6) is 0 Å². The van der Waals surface area contributed by atoms with Gasteiger partial charge < -0.3 is 0 Å². The number of hydrogen-bond acceptors (Lipinski definition) is 4. The number of halogens is 4. The molecule has 0 bridgehead atoms. The van der Waals surface area contributed by atoms with Gasteiger partial charge in [-0.2, -0.15) is 13.2 Å². The highest BCUT2D eigenvalue weighted by molar-refractivity contribution is 6.33. The number of rotatable bonds is 4. The fourth-order valence-electron chi connectivity index (χ4n) is 2.70. The number of amides is 3. The van der Waals surface area contributed by atoms with Gasteiger partial charge in [0.1, 0.15) is 6.04 Å². The molecule has 1 saturated heterocycles. The number of carbonyl (C=O) groups is 3. The molecule has 2 aromatic rings. The van der Waals surface area contributed by atoms with Crippen LogP contribution < -0.4 is 15.8 Å². The molecule has 6 nitrogen and oxygen atoms in total. The Labute approximate surface area is 162 Å². The monoisotopic (exact) mass is 411 g/mol. The number of imide groups is 1. The van der Waals surface area contributed by atoms with Crippen molar-refractivity contribution >= 4 is 35.0 Å².